The Morgan fingerprint density at radius 3 is 2.95 bits per heavy atom. The number of alkyl halides is 1. The molecule has 0 aliphatic heterocycles. The summed E-state index contributed by atoms with van der Waals surface area (Å²) in [4.78, 5) is 16.3. The molecule has 0 saturated heterocycles. The monoisotopic (exact) mass is 297 g/mol. The van der Waals surface area contributed by atoms with Crippen molar-refractivity contribution in [1.29, 1.82) is 0 Å². The lowest BCUT2D eigenvalue weighted by Crippen LogP contribution is -2.31. The van der Waals surface area contributed by atoms with Crippen molar-refractivity contribution < 1.29 is 9.18 Å². The van der Waals surface area contributed by atoms with Crippen LogP contribution in [0.25, 0.3) is 11.0 Å². The molecule has 2 aromatic rings. The lowest BCUT2D eigenvalue weighted by molar-refractivity contribution is -0.123. The van der Waals surface area contributed by atoms with Crippen LogP contribution in [0.15, 0.2) is 18.2 Å². The zero-order valence-electron chi connectivity index (χ0n) is 11.5. The van der Waals surface area contributed by atoms with Gasteiger partial charge in [-0.25, -0.2) is 9.37 Å². The summed E-state index contributed by atoms with van der Waals surface area (Å²) in [6.07, 6.45) is 0.486. The lowest BCUT2D eigenvalue weighted by Gasteiger charge is -2.16. The second-order valence-corrected chi connectivity index (χ2v) is 4.89. The number of nitrogens with zero attached hydrogens (tertiary/aromatic N) is 2. The van der Waals surface area contributed by atoms with Crippen LogP contribution in [-0.2, 0) is 11.2 Å². The molecule has 20 heavy (non-hydrogen) atoms. The van der Waals surface area contributed by atoms with Crippen molar-refractivity contribution in [2.24, 2.45) is 0 Å². The van der Waals surface area contributed by atoms with Gasteiger partial charge in [0.1, 0.15) is 17.4 Å². The van der Waals surface area contributed by atoms with E-state index in [1.54, 1.807) is 23.6 Å². The first-order valence-corrected chi connectivity index (χ1v) is 7.12. The Balaban J connectivity index is 2.56. The van der Waals surface area contributed by atoms with Crippen LogP contribution >= 0.6 is 11.6 Å². The largest absolute Gasteiger partial charge is 0.355 e. The number of rotatable bonds is 5. The van der Waals surface area contributed by atoms with Crippen LogP contribution in [0.5, 0.6) is 0 Å². The van der Waals surface area contributed by atoms with Crippen molar-refractivity contribution in [3.63, 3.8) is 0 Å². The molecular formula is C14H17ClFN3O. The number of benzene rings is 1. The maximum atomic E-state index is 13.8. The van der Waals surface area contributed by atoms with Crippen molar-refractivity contribution in [2.45, 2.75) is 26.3 Å². The van der Waals surface area contributed by atoms with E-state index in [1.807, 2.05) is 6.92 Å². The van der Waals surface area contributed by atoms with Crippen LogP contribution in [0.4, 0.5) is 4.39 Å². The molecule has 0 saturated carbocycles. The summed E-state index contributed by atoms with van der Waals surface area (Å²) in [5.74, 6) is 0.485. The van der Waals surface area contributed by atoms with Crippen LogP contribution in [0, 0.1) is 5.82 Å². The Morgan fingerprint density at radius 1 is 1.55 bits per heavy atom. The van der Waals surface area contributed by atoms with Gasteiger partial charge in [0.2, 0.25) is 5.91 Å². The summed E-state index contributed by atoms with van der Waals surface area (Å²) in [6, 6.07) is 4.28. The third kappa shape index (κ3) is 2.63. The fourth-order valence-corrected chi connectivity index (χ4v) is 2.43. The van der Waals surface area contributed by atoms with E-state index in [0.717, 1.165) is 0 Å². The Kier molecular flexibility index (Phi) is 4.60. The summed E-state index contributed by atoms with van der Waals surface area (Å²) in [5, 5.41) is 2.77. The van der Waals surface area contributed by atoms with Gasteiger partial charge in [-0.05, 0) is 26.0 Å². The Hall–Kier alpha value is -1.62. The number of hydrogen-bond donors (Lipinski definition) is 1. The molecular weight excluding hydrogens is 281 g/mol. The molecule has 0 aliphatic carbocycles. The molecule has 1 aromatic heterocycles. The first-order chi connectivity index (χ1) is 9.60. The predicted octanol–water partition coefficient (Wildman–Crippen LogP) is 2.65. The fourth-order valence-electron chi connectivity index (χ4n) is 2.26. The Morgan fingerprint density at radius 2 is 2.30 bits per heavy atom. The highest BCUT2D eigenvalue weighted by Gasteiger charge is 2.21. The van der Waals surface area contributed by atoms with Crippen LogP contribution in [-0.4, -0.2) is 27.9 Å². The minimum absolute atomic E-state index is 0.119. The highest BCUT2D eigenvalue weighted by Crippen LogP contribution is 2.24. The number of para-hydroxylation sites is 1. The number of hydrogen-bond acceptors (Lipinski definition) is 2. The number of aryl methyl sites for hydroxylation is 1. The van der Waals surface area contributed by atoms with Gasteiger partial charge in [-0.3, -0.25) is 4.79 Å². The summed E-state index contributed by atoms with van der Waals surface area (Å²) < 4.78 is 15.6. The molecule has 0 radical (unpaired) electrons. The van der Waals surface area contributed by atoms with Gasteiger partial charge in [-0.1, -0.05) is 6.07 Å². The topological polar surface area (TPSA) is 46.9 Å². The fraction of sp³-hybridized carbons (Fsp3) is 0.429. The average Bonchev–Trinajstić information content (AvgIpc) is 2.78. The molecule has 1 unspecified atom stereocenters. The van der Waals surface area contributed by atoms with Gasteiger partial charge in [-0.15, -0.1) is 11.6 Å². The van der Waals surface area contributed by atoms with Gasteiger partial charge in [0.05, 0.1) is 5.52 Å². The number of carbonyl (C=O) groups excluding carboxylic acids is 1. The van der Waals surface area contributed by atoms with E-state index in [-0.39, 0.29) is 17.2 Å². The summed E-state index contributed by atoms with van der Waals surface area (Å²) in [5.41, 5.74) is 0.896. The summed E-state index contributed by atoms with van der Waals surface area (Å²) >= 11 is 5.77. The molecule has 2 rings (SSSR count). The Bertz CT molecular complexity index is 626. The minimum atomic E-state index is -0.458. The van der Waals surface area contributed by atoms with Gasteiger partial charge in [0, 0.05) is 18.8 Å². The Labute approximate surface area is 121 Å². The van der Waals surface area contributed by atoms with E-state index >= 15 is 0 Å². The van der Waals surface area contributed by atoms with Crippen molar-refractivity contribution in [3.05, 3.63) is 29.8 Å². The predicted molar refractivity (Wildman–Crippen MR) is 77.5 cm³/mol. The highest BCUT2D eigenvalue weighted by atomic mass is 35.5. The standard InChI is InChI=1S/C14H17ClFN3O/c1-3-17-14(20)9(2)19-11-6-4-5-10(16)13(11)18-12(19)7-8-15/h4-6,9H,3,7-8H2,1-2H3,(H,17,20). The third-order valence-electron chi connectivity index (χ3n) is 3.18. The van der Waals surface area contributed by atoms with Crippen LogP contribution in [0.2, 0.25) is 0 Å². The van der Waals surface area contributed by atoms with E-state index in [2.05, 4.69) is 10.3 Å². The molecule has 6 heteroatoms. The van der Waals surface area contributed by atoms with Gasteiger partial charge in [0.15, 0.2) is 5.82 Å². The quantitative estimate of drug-likeness (QED) is 0.863. The molecule has 0 aliphatic rings. The molecule has 1 amide bonds. The zero-order valence-corrected chi connectivity index (χ0v) is 12.2. The van der Waals surface area contributed by atoms with Crippen LogP contribution in [0.3, 0.4) is 0 Å². The second kappa shape index (κ2) is 6.22. The summed E-state index contributed by atoms with van der Waals surface area (Å²) in [6.45, 7) is 4.18. The van der Waals surface area contributed by atoms with E-state index in [4.69, 9.17) is 11.6 Å². The van der Waals surface area contributed by atoms with Crippen molar-refractivity contribution in [2.75, 3.05) is 12.4 Å². The zero-order chi connectivity index (χ0) is 14.7. The molecule has 1 aromatic carbocycles. The minimum Gasteiger partial charge on any atom is -0.355 e. The van der Waals surface area contributed by atoms with E-state index in [0.29, 0.717) is 30.2 Å². The second-order valence-electron chi connectivity index (χ2n) is 4.52. The van der Waals surface area contributed by atoms with Crippen molar-refractivity contribution in [1.82, 2.24) is 14.9 Å². The molecule has 1 heterocycles. The smallest absolute Gasteiger partial charge is 0.242 e. The number of nitrogens with one attached hydrogen (secondary N) is 1. The number of aromatic nitrogens is 2. The first kappa shape index (κ1) is 14.8. The van der Waals surface area contributed by atoms with Gasteiger partial charge in [0.25, 0.3) is 0 Å². The summed E-state index contributed by atoms with van der Waals surface area (Å²) in [7, 11) is 0. The first-order valence-electron chi connectivity index (χ1n) is 6.59. The van der Waals surface area contributed by atoms with E-state index in [9.17, 15) is 9.18 Å². The van der Waals surface area contributed by atoms with Gasteiger partial charge >= 0.3 is 0 Å². The number of likely N-dealkylation sites (N-methyl/N-ethyl adjacent to an activating group) is 1. The normalized spacial score (nSPS) is 12.6. The number of imidazole rings is 1. The molecule has 108 valence electrons. The van der Waals surface area contributed by atoms with Gasteiger partial charge in [-0.2, -0.15) is 0 Å². The van der Waals surface area contributed by atoms with Crippen molar-refractivity contribution >= 4 is 28.5 Å². The SMILES string of the molecule is CCNC(=O)C(C)n1c(CCCl)nc2c(F)cccc21. The van der Waals surface area contributed by atoms with Crippen LogP contribution < -0.4 is 5.32 Å². The lowest BCUT2D eigenvalue weighted by atomic mass is 10.2. The molecule has 1 atom stereocenters. The maximum absolute atomic E-state index is 13.8. The van der Waals surface area contributed by atoms with Crippen LogP contribution in [0.1, 0.15) is 25.7 Å². The molecule has 0 fully saturated rings. The molecule has 1 N–H and O–H groups in total. The number of carbonyl (C=O) groups is 1. The number of amides is 1. The molecule has 0 spiro atoms. The third-order valence-corrected chi connectivity index (χ3v) is 3.37. The van der Waals surface area contributed by atoms with E-state index in [1.165, 1.54) is 6.07 Å². The molecule has 4 nitrogen and oxygen atoms in total. The van der Waals surface area contributed by atoms with Crippen molar-refractivity contribution in [3.8, 4) is 0 Å². The maximum Gasteiger partial charge on any atom is 0.242 e. The highest BCUT2D eigenvalue weighted by molar-refractivity contribution is 6.17. The number of fused-ring (bicyclic) bond motifs is 1. The molecule has 0 bridgehead atoms. The van der Waals surface area contributed by atoms with Gasteiger partial charge < -0.3 is 9.88 Å². The van der Waals surface area contributed by atoms with E-state index < -0.39 is 6.04 Å². The number of halogens is 2. The average molecular weight is 298 g/mol.